The normalized spacial score (nSPS) is 21.9. The molecule has 5 rings (SSSR count). The monoisotopic (exact) mass is 463 g/mol. The summed E-state index contributed by atoms with van der Waals surface area (Å²) in [5, 5.41) is 2.16. The molecule has 2 saturated heterocycles. The van der Waals surface area contributed by atoms with E-state index in [0.717, 1.165) is 10.5 Å². The molecule has 0 radical (unpaired) electrons. The molecular formula is C24H18ClN3O5. The second-order valence-corrected chi connectivity index (χ2v) is 8.12. The van der Waals surface area contributed by atoms with Gasteiger partial charge in [0.1, 0.15) is 11.7 Å². The summed E-state index contributed by atoms with van der Waals surface area (Å²) in [7, 11) is 0. The number of rotatable bonds is 4. The number of imide groups is 1. The van der Waals surface area contributed by atoms with Crippen molar-refractivity contribution in [2.45, 2.75) is 19.1 Å². The molecule has 0 spiro atoms. The number of carbonyl (C=O) groups excluding carboxylic acids is 3. The zero-order valence-electron chi connectivity index (χ0n) is 17.4. The standard InChI is InChI=1S/C24H18ClN3O5/c1-14(29)32-19-8-6-17(7-9-19)27-23(30)20-21(15-10-12-26-13-11-15)28(33-22(20)24(27)31)18-4-2-16(25)3-5-18/h2-13,20-22H,1H3/t20-,21-,22-/m0/s1. The Balaban J connectivity index is 1.51. The zero-order valence-corrected chi connectivity index (χ0v) is 18.2. The molecule has 2 aliphatic rings. The average molecular weight is 464 g/mol. The summed E-state index contributed by atoms with van der Waals surface area (Å²) in [6, 6.07) is 16.2. The zero-order chi connectivity index (χ0) is 23.1. The lowest BCUT2D eigenvalue weighted by molar-refractivity contribution is -0.132. The first-order valence-electron chi connectivity index (χ1n) is 10.2. The predicted molar refractivity (Wildman–Crippen MR) is 120 cm³/mol. The smallest absolute Gasteiger partial charge is 0.308 e. The van der Waals surface area contributed by atoms with Gasteiger partial charge in [-0.25, -0.2) is 9.96 Å². The number of amides is 2. The van der Waals surface area contributed by atoms with Crippen LogP contribution >= 0.6 is 11.6 Å². The number of nitrogens with zero attached hydrogens (tertiary/aromatic N) is 3. The topological polar surface area (TPSA) is 89.0 Å². The Morgan fingerprint density at radius 3 is 2.21 bits per heavy atom. The number of benzene rings is 2. The van der Waals surface area contributed by atoms with Crippen molar-refractivity contribution < 1.29 is 24.0 Å². The third-order valence-corrected chi connectivity index (χ3v) is 5.85. The summed E-state index contributed by atoms with van der Waals surface area (Å²) in [6.07, 6.45) is 2.28. The lowest BCUT2D eigenvalue weighted by atomic mass is 9.91. The van der Waals surface area contributed by atoms with Crippen LogP contribution in [-0.2, 0) is 19.2 Å². The number of ether oxygens (including phenoxy) is 1. The van der Waals surface area contributed by atoms with E-state index in [2.05, 4.69) is 4.98 Å². The van der Waals surface area contributed by atoms with E-state index in [1.54, 1.807) is 66.0 Å². The van der Waals surface area contributed by atoms with Crippen LogP contribution in [0.4, 0.5) is 11.4 Å². The van der Waals surface area contributed by atoms with Gasteiger partial charge in [0.15, 0.2) is 6.10 Å². The van der Waals surface area contributed by atoms with Crippen LogP contribution in [0.15, 0.2) is 73.1 Å². The average Bonchev–Trinajstić information content (AvgIpc) is 3.31. The Kier molecular flexibility index (Phi) is 5.32. The number of anilines is 2. The van der Waals surface area contributed by atoms with Gasteiger partial charge in [-0.1, -0.05) is 11.6 Å². The third-order valence-electron chi connectivity index (χ3n) is 5.60. The Hall–Kier alpha value is -3.75. The number of hydrogen-bond acceptors (Lipinski definition) is 7. The van der Waals surface area contributed by atoms with E-state index < -0.39 is 29.9 Å². The largest absolute Gasteiger partial charge is 0.427 e. The quantitative estimate of drug-likeness (QED) is 0.331. The molecule has 2 aromatic carbocycles. The second kappa shape index (κ2) is 8.31. The van der Waals surface area contributed by atoms with Gasteiger partial charge >= 0.3 is 5.97 Å². The second-order valence-electron chi connectivity index (χ2n) is 7.68. The third kappa shape index (κ3) is 3.73. The van der Waals surface area contributed by atoms with Gasteiger partial charge in [0.2, 0.25) is 5.91 Å². The highest BCUT2D eigenvalue weighted by atomic mass is 35.5. The first-order chi connectivity index (χ1) is 15.9. The maximum Gasteiger partial charge on any atom is 0.308 e. The molecule has 0 unspecified atom stereocenters. The molecule has 3 heterocycles. The minimum atomic E-state index is -0.987. The first-order valence-corrected chi connectivity index (χ1v) is 10.6. The molecule has 0 bridgehead atoms. The minimum Gasteiger partial charge on any atom is -0.427 e. The summed E-state index contributed by atoms with van der Waals surface area (Å²) >= 11 is 6.03. The molecule has 0 aliphatic carbocycles. The number of carbonyl (C=O) groups is 3. The fourth-order valence-corrected chi connectivity index (χ4v) is 4.34. The van der Waals surface area contributed by atoms with Gasteiger partial charge in [0, 0.05) is 24.3 Å². The maximum absolute atomic E-state index is 13.6. The summed E-state index contributed by atoms with van der Waals surface area (Å²) in [4.78, 5) is 49.3. The molecular weight excluding hydrogens is 446 g/mol. The molecule has 1 aromatic heterocycles. The van der Waals surface area contributed by atoms with Gasteiger partial charge in [-0.2, -0.15) is 0 Å². The molecule has 0 N–H and O–H groups in total. The van der Waals surface area contributed by atoms with E-state index in [1.165, 1.54) is 19.1 Å². The van der Waals surface area contributed by atoms with Crippen molar-refractivity contribution in [3.8, 4) is 5.75 Å². The van der Waals surface area contributed by atoms with Crippen molar-refractivity contribution in [3.63, 3.8) is 0 Å². The summed E-state index contributed by atoms with van der Waals surface area (Å²) < 4.78 is 5.03. The minimum absolute atomic E-state index is 0.324. The highest BCUT2D eigenvalue weighted by molar-refractivity contribution is 6.30. The van der Waals surface area contributed by atoms with Crippen LogP contribution in [0.25, 0.3) is 0 Å². The summed E-state index contributed by atoms with van der Waals surface area (Å²) in [5.74, 6) is -1.72. The first kappa shape index (κ1) is 21.1. The fourth-order valence-electron chi connectivity index (χ4n) is 4.21. The summed E-state index contributed by atoms with van der Waals surface area (Å²) in [5.41, 5.74) is 1.85. The van der Waals surface area contributed by atoms with Gasteiger partial charge in [-0.3, -0.25) is 24.2 Å². The molecule has 8 nitrogen and oxygen atoms in total. The van der Waals surface area contributed by atoms with Gasteiger partial charge in [-0.15, -0.1) is 0 Å². The van der Waals surface area contributed by atoms with Crippen LogP contribution in [0.2, 0.25) is 5.02 Å². The van der Waals surface area contributed by atoms with Crippen molar-refractivity contribution in [1.29, 1.82) is 0 Å². The van der Waals surface area contributed by atoms with Gasteiger partial charge in [0.25, 0.3) is 5.91 Å². The lowest BCUT2D eigenvalue weighted by Crippen LogP contribution is -2.37. The van der Waals surface area contributed by atoms with Gasteiger partial charge in [-0.05, 0) is 66.2 Å². The van der Waals surface area contributed by atoms with Crippen LogP contribution in [0.5, 0.6) is 5.75 Å². The number of pyridine rings is 1. The number of aromatic nitrogens is 1. The molecule has 166 valence electrons. The highest BCUT2D eigenvalue weighted by Crippen LogP contribution is 2.47. The number of hydroxylamine groups is 1. The Bertz CT molecular complexity index is 1220. The van der Waals surface area contributed by atoms with E-state index >= 15 is 0 Å². The Morgan fingerprint density at radius 2 is 1.58 bits per heavy atom. The molecule has 3 aromatic rings. The molecule has 9 heteroatoms. The van der Waals surface area contributed by atoms with Crippen molar-refractivity contribution in [2.24, 2.45) is 5.92 Å². The molecule has 3 atom stereocenters. The summed E-state index contributed by atoms with van der Waals surface area (Å²) in [6.45, 7) is 1.30. The molecule has 2 amide bonds. The van der Waals surface area contributed by atoms with Crippen LogP contribution in [-0.4, -0.2) is 28.9 Å². The van der Waals surface area contributed by atoms with E-state index in [1.807, 2.05) is 0 Å². The van der Waals surface area contributed by atoms with E-state index in [-0.39, 0.29) is 5.91 Å². The highest BCUT2D eigenvalue weighted by Gasteiger charge is 2.60. The van der Waals surface area contributed by atoms with Crippen molar-refractivity contribution in [2.75, 3.05) is 9.96 Å². The van der Waals surface area contributed by atoms with Crippen LogP contribution in [0, 0.1) is 5.92 Å². The van der Waals surface area contributed by atoms with Crippen LogP contribution in [0.1, 0.15) is 18.5 Å². The number of esters is 1. The maximum atomic E-state index is 13.6. The van der Waals surface area contributed by atoms with Crippen molar-refractivity contribution >= 4 is 40.8 Å². The van der Waals surface area contributed by atoms with E-state index in [9.17, 15) is 14.4 Å². The Labute approximate surface area is 194 Å². The van der Waals surface area contributed by atoms with Crippen molar-refractivity contribution in [1.82, 2.24) is 4.98 Å². The number of halogens is 1. The van der Waals surface area contributed by atoms with Crippen LogP contribution < -0.4 is 14.7 Å². The van der Waals surface area contributed by atoms with E-state index in [4.69, 9.17) is 21.2 Å². The number of fused-ring (bicyclic) bond motifs is 1. The molecule has 2 fully saturated rings. The molecule has 2 aliphatic heterocycles. The molecule has 33 heavy (non-hydrogen) atoms. The molecule has 0 saturated carbocycles. The van der Waals surface area contributed by atoms with Gasteiger partial charge < -0.3 is 4.74 Å². The predicted octanol–water partition coefficient (Wildman–Crippen LogP) is 3.71. The lowest BCUT2D eigenvalue weighted by Gasteiger charge is -2.28. The number of hydrogen-bond donors (Lipinski definition) is 0. The Morgan fingerprint density at radius 1 is 0.939 bits per heavy atom. The van der Waals surface area contributed by atoms with E-state index in [0.29, 0.717) is 22.1 Å². The van der Waals surface area contributed by atoms with Gasteiger partial charge in [0.05, 0.1) is 17.4 Å². The van der Waals surface area contributed by atoms with Crippen LogP contribution in [0.3, 0.4) is 0 Å². The SMILES string of the molecule is CC(=O)Oc1ccc(N2C(=O)[C@@H]3[C@H](ON(c4ccc(Cl)cc4)[C@H]3c3ccncc3)C2=O)cc1. The van der Waals surface area contributed by atoms with Crippen molar-refractivity contribution in [3.05, 3.63) is 83.6 Å². The fraction of sp³-hybridized carbons (Fsp3) is 0.167.